The van der Waals surface area contributed by atoms with E-state index >= 15 is 0 Å². The average molecular weight is 192 g/mol. The van der Waals surface area contributed by atoms with E-state index in [9.17, 15) is 31.5 Å². The van der Waals surface area contributed by atoms with Gasteiger partial charge in [-0.25, -0.2) is 4.79 Å². The number of carbonyl (C=O) groups excluding carboxylic acids is 1. The summed E-state index contributed by atoms with van der Waals surface area (Å²) in [4.78, 5) is 19.2. The van der Waals surface area contributed by atoms with Crippen molar-refractivity contribution in [2.45, 2.75) is 12.1 Å². The number of Topliss-reactive ketones (excluding diaryl/α,β-unsaturated/α-hetero) is 1. The van der Waals surface area contributed by atoms with Crippen molar-refractivity contribution in [3.63, 3.8) is 0 Å². The number of carboxylic acids is 1. The van der Waals surface area contributed by atoms with Crippen molar-refractivity contribution in [2.75, 3.05) is 0 Å². The van der Waals surface area contributed by atoms with Gasteiger partial charge in [-0.1, -0.05) is 0 Å². The zero-order valence-electron chi connectivity index (χ0n) is 5.15. The molecule has 0 bridgehead atoms. The van der Waals surface area contributed by atoms with Crippen LogP contribution < -0.4 is 0 Å². The Morgan fingerprint density at radius 3 is 1.42 bits per heavy atom. The lowest BCUT2D eigenvalue weighted by Crippen LogP contribution is -2.47. The van der Waals surface area contributed by atoms with E-state index in [0.29, 0.717) is 0 Å². The van der Waals surface area contributed by atoms with Gasteiger partial charge in [0.2, 0.25) is 0 Å². The lowest BCUT2D eigenvalue weighted by Gasteiger charge is -2.15. The first kappa shape index (κ1) is 10.8. The summed E-state index contributed by atoms with van der Waals surface area (Å²) in [6.45, 7) is 0. The first-order valence-electron chi connectivity index (χ1n) is 2.33. The van der Waals surface area contributed by atoms with E-state index < -0.39 is 23.9 Å². The summed E-state index contributed by atoms with van der Waals surface area (Å²) < 4.78 is 57.1. The predicted molar refractivity (Wildman–Crippen MR) is 23.6 cm³/mol. The Labute approximate surface area is 61.8 Å². The third-order valence-corrected chi connectivity index (χ3v) is 0.835. The number of alkyl halides is 5. The summed E-state index contributed by atoms with van der Waals surface area (Å²) in [7, 11) is 0. The third kappa shape index (κ3) is 1.69. The number of ketones is 1. The van der Waals surface area contributed by atoms with Crippen LogP contribution in [-0.4, -0.2) is 29.0 Å². The normalized spacial score (nSPS) is 12.8. The summed E-state index contributed by atoms with van der Waals surface area (Å²) in [6, 6.07) is 0. The van der Waals surface area contributed by atoms with Crippen molar-refractivity contribution >= 4 is 11.8 Å². The molecule has 0 saturated carbocycles. The maximum Gasteiger partial charge on any atom is 0.461 e. The fraction of sp³-hybridized carbons (Fsp3) is 0.500. The van der Waals surface area contributed by atoms with Gasteiger partial charge in [-0.05, 0) is 0 Å². The van der Waals surface area contributed by atoms with Crippen LogP contribution in [0, 0.1) is 0 Å². The van der Waals surface area contributed by atoms with Crippen LogP contribution in [0.25, 0.3) is 0 Å². The van der Waals surface area contributed by atoms with E-state index in [-0.39, 0.29) is 0 Å². The van der Waals surface area contributed by atoms with Gasteiger partial charge in [-0.15, -0.1) is 0 Å². The highest BCUT2D eigenvalue weighted by atomic mass is 19.4. The van der Waals surface area contributed by atoms with Crippen LogP contribution in [0.5, 0.6) is 0 Å². The van der Waals surface area contributed by atoms with Gasteiger partial charge in [0.05, 0.1) is 0 Å². The number of aliphatic carboxylic acids is 1. The van der Waals surface area contributed by atoms with Crippen LogP contribution >= 0.6 is 0 Å². The molecule has 12 heavy (non-hydrogen) atoms. The largest absolute Gasteiger partial charge is 0.475 e. The number of hydrogen-bond acceptors (Lipinski definition) is 2. The zero-order chi connectivity index (χ0) is 10.2. The number of carboxylic acid groups (broad SMARTS) is 1. The molecule has 0 amide bonds. The molecule has 70 valence electrons. The van der Waals surface area contributed by atoms with Gasteiger partial charge >= 0.3 is 23.9 Å². The maximum absolute atomic E-state index is 11.7. The van der Waals surface area contributed by atoms with E-state index in [1.165, 1.54) is 0 Å². The quantitative estimate of drug-likeness (QED) is 0.520. The van der Waals surface area contributed by atoms with Gasteiger partial charge in [0, 0.05) is 0 Å². The minimum absolute atomic E-state index is 2.82. The first-order chi connectivity index (χ1) is 5.10. The molecule has 0 rings (SSSR count). The SMILES string of the molecule is O=C(O)C(=O)C(F)(F)C(F)(F)F. The van der Waals surface area contributed by atoms with Crippen LogP contribution in [0.15, 0.2) is 0 Å². The molecule has 0 aliphatic heterocycles. The molecule has 0 fully saturated rings. The average Bonchev–Trinajstić information content (AvgIpc) is 1.83. The highest BCUT2D eigenvalue weighted by Crippen LogP contribution is 2.35. The van der Waals surface area contributed by atoms with Gasteiger partial charge in [0.15, 0.2) is 0 Å². The van der Waals surface area contributed by atoms with E-state index in [1.807, 2.05) is 0 Å². The van der Waals surface area contributed by atoms with Gasteiger partial charge in [0.1, 0.15) is 0 Å². The summed E-state index contributed by atoms with van der Waals surface area (Å²) >= 11 is 0. The minimum atomic E-state index is -6.16. The Bertz CT molecular complexity index is 217. The second-order valence-electron chi connectivity index (χ2n) is 1.71. The Kier molecular flexibility index (Phi) is 2.41. The molecule has 0 aliphatic rings. The third-order valence-electron chi connectivity index (χ3n) is 0.835. The number of carbonyl (C=O) groups is 2. The van der Waals surface area contributed by atoms with E-state index in [1.54, 1.807) is 0 Å². The second-order valence-corrected chi connectivity index (χ2v) is 1.71. The Balaban J connectivity index is 4.87. The Morgan fingerprint density at radius 2 is 1.33 bits per heavy atom. The van der Waals surface area contributed by atoms with E-state index in [0.717, 1.165) is 0 Å². The second kappa shape index (κ2) is 2.68. The molecule has 0 heterocycles. The van der Waals surface area contributed by atoms with E-state index in [2.05, 4.69) is 0 Å². The van der Waals surface area contributed by atoms with E-state index in [4.69, 9.17) is 5.11 Å². The number of halogens is 5. The Morgan fingerprint density at radius 1 is 1.00 bits per heavy atom. The van der Waals surface area contributed by atoms with Crippen LogP contribution in [0.3, 0.4) is 0 Å². The highest BCUT2D eigenvalue weighted by molar-refractivity contribution is 6.35. The van der Waals surface area contributed by atoms with Crippen molar-refractivity contribution in [1.82, 2.24) is 0 Å². The predicted octanol–water partition coefficient (Wildman–Crippen LogP) is 0.838. The molecular weight excluding hydrogens is 191 g/mol. The zero-order valence-corrected chi connectivity index (χ0v) is 5.15. The molecule has 0 aromatic heterocycles. The minimum Gasteiger partial charge on any atom is -0.475 e. The fourth-order valence-corrected chi connectivity index (χ4v) is 0.263. The lowest BCUT2D eigenvalue weighted by molar-refractivity contribution is -0.268. The molecule has 0 atom stereocenters. The summed E-state index contributed by atoms with van der Waals surface area (Å²) in [5.74, 6) is -11.8. The summed E-state index contributed by atoms with van der Waals surface area (Å²) in [5, 5.41) is 7.55. The molecule has 0 spiro atoms. The molecule has 0 saturated heterocycles. The highest BCUT2D eigenvalue weighted by Gasteiger charge is 2.65. The van der Waals surface area contributed by atoms with Crippen LogP contribution in [0.4, 0.5) is 22.0 Å². The molecule has 0 aliphatic carbocycles. The summed E-state index contributed by atoms with van der Waals surface area (Å²) in [5.41, 5.74) is 0. The molecule has 0 aromatic rings. The van der Waals surface area contributed by atoms with Gasteiger partial charge in [-0.2, -0.15) is 22.0 Å². The Hall–Kier alpha value is -1.21. The fourth-order valence-electron chi connectivity index (χ4n) is 0.263. The van der Waals surface area contributed by atoms with Crippen molar-refractivity contribution in [3.8, 4) is 0 Å². The maximum atomic E-state index is 11.7. The van der Waals surface area contributed by atoms with Crippen LogP contribution in [0.2, 0.25) is 0 Å². The topological polar surface area (TPSA) is 54.4 Å². The van der Waals surface area contributed by atoms with Crippen molar-refractivity contribution in [2.24, 2.45) is 0 Å². The lowest BCUT2D eigenvalue weighted by atomic mass is 10.2. The van der Waals surface area contributed by atoms with Crippen molar-refractivity contribution in [1.29, 1.82) is 0 Å². The molecule has 3 nitrogen and oxygen atoms in total. The number of hydrogen-bond donors (Lipinski definition) is 1. The smallest absolute Gasteiger partial charge is 0.461 e. The molecule has 0 radical (unpaired) electrons. The molecular formula is C4HF5O3. The number of rotatable bonds is 2. The molecule has 8 heteroatoms. The molecule has 1 N–H and O–H groups in total. The van der Waals surface area contributed by atoms with Crippen molar-refractivity contribution < 1.29 is 36.6 Å². The van der Waals surface area contributed by atoms with Crippen LogP contribution in [0.1, 0.15) is 0 Å². The molecule has 0 unspecified atom stereocenters. The standard InChI is InChI=1S/C4HF5O3/c5-3(6,4(7,8)9)1(10)2(11)12/h(H,11,12). The summed E-state index contributed by atoms with van der Waals surface area (Å²) in [6.07, 6.45) is -6.16. The molecule has 0 aromatic carbocycles. The van der Waals surface area contributed by atoms with Gasteiger partial charge < -0.3 is 5.11 Å². The monoisotopic (exact) mass is 192 g/mol. The van der Waals surface area contributed by atoms with Crippen LogP contribution in [-0.2, 0) is 9.59 Å². The van der Waals surface area contributed by atoms with Gasteiger partial charge in [-0.3, -0.25) is 4.79 Å². The first-order valence-corrected chi connectivity index (χ1v) is 2.33. The van der Waals surface area contributed by atoms with Gasteiger partial charge in [0.25, 0.3) is 0 Å². The van der Waals surface area contributed by atoms with Crippen molar-refractivity contribution in [3.05, 3.63) is 0 Å².